The number of hydrogen-bond acceptors (Lipinski definition) is 4. The van der Waals surface area contributed by atoms with Crippen molar-refractivity contribution in [1.29, 1.82) is 0 Å². The van der Waals surface area contributed by atoms with Gasteiger partial charge in [0.1, 0.15) is 0 Å². The number of rotatable bonds is 2. The number of benzene rings is 5. The first kappa shape index (κ1) is 22.0. The molecule has 0 aliphatic heterocycles. The van der Waals surface area contributed by atoms with Gasteiger partial charge in [-0.1, -0.05) is 66.7 Å². The molecule has 0 bridgehead atoms. The molecule has 4 nitrogen and oxygen atoms in total. The average Bonchev–Trinajstić information content (AvgIpc) is 3.48. The number of para-hydroxylation sites is 2. The van der Waals surface area contributed by atoms with E-state index in [4.69, 9.17) is 23.2 Å². The predicted molar refractivity (Wildman–Crippen MR) is 160 cm³/mol. The van der Waals surface area contributed by atoms with E-state index < -0.39 is 0 Å². The normalized spacial score (nSPS) is 11.9. The number of nitrogens with zero attached hydrogens (tertiary/aromatic N) is 4. The molecule has 0 saturated carbocycles. The summed E-state index contributed by atoms with van der Waals surface area (Å²) in [6, 6.07) is 34.1. The Morgan fingerprint density at radius 1 is 0.579 bits per heavy atom. The second-order valence-corrected chi connectivity index (χ2v) is 10.9. The first-order valence-electron chi connectivity index (χ1n) is 12.1. The average molecular weight is 547 g/mol. The van der Waals surface area contributed by atoms with Crippen LogP contribution in [0.3, 0.4) is 0 Å². The molecule has 7 heteroatoms. The Kier molecular flexibility index (Phi) is 4.77. The second-order valence-electron chi connectivity index (χ2n) is 9.17. The van der Waals surface area contributed by atoms with Gasteiger partial charge in [-0.2, -0.15) is 15.0 Å². The minimum Gasteiger partial charge on any atom is -0.309 e. The second kappa shape index (κ2) is 8.23. The topological polar surface area (TPSA) is 43.6 Å². The Labute approximate surface area is 230 Å². The van der Waals surface area contributed by atoms with Crippen molar-refractivity contribution in [3.8, 4) is 17.1 Å². The predicted octanol–water partition coefficient (Wildman–Crippen LogP) is 9.46. The molecule has 0 saturated heterocycles. The highest BCUT2D eigenvalue weighted by Gasteiger charge is 2.22. The van der Waals surface area contributed by atoms with Crippen LogP contribution in [0.4, 0.5) is 0 Å². The van der Waals surface area contributed by atoms with E-state index >= 15 is 0 Å². The molecule has 8 aromatic rings. The van der Waals surface area contributed by atoms with Crippen LogP contribution in [0.5, 0.6) is 0 Å². The molecule has 0 N–H and O–H groups in total. The zero-order valence-electron chi connectivity index (χ0n) is 19.7. The third kappa shape index (κ3) is 3.13. The number of thiophene rings is 1. The van der Waals surface area contributed by atoms with E-state index in [9.17, 15) is 0 Å². The molecular weight excluding hydrogens is 531 g/mol. The molecule has 3 aromatic heterocycles. The van der Waals surface area contributed by atoms with Crippen molar-refractivity contribution in [3.05, 3.63) is 108 Å². The summed E-state index contributed by atoms with van der Waals surface area (Å²) in [4.78, 5) is 13.0. The number of fused-ring (bicyclic) bond motifs is 9. The zero-order chi connectivity index (χ0) is 25.4. The molecule has 180 valence electrons. The molecule has 0 aliphatic carbocycles. The van der Waals surface area contributed by atoms with Gasteiger partial charge >= 0.3 is 0 Å². The highest BCUT2D eigenvalue weighted by Crippen LogP contribution is 2.47. The van der Waals surface area contributed by atoms with Crippen LogP contribution in [0.2, 0.25) is 10.6 Å². The fourth-order valence-electron chi connectivity index (χ4n) is 5.62. The summed E-state index contributed by atoms with van der Waals surface area (Å²) in [6.07, 6.45) is 0. The van der Waals surface area contributed by atoms with E-state index in [1.807, 2.05) is 17.4 Å². The quantitative estimate of drug-likeness (QED) is 0.217. The first-order chi connectivity index (χ1) is 18.7. The van der Waals surface area contributed by atoms with Gasteiger partial charge in [-0.3, -0.25) is 0 Å². The smallest absolute Gasteiger partial charge is 0.227 e. The maximum Gasteiger partial charge on any atom is 0.227 e. The summed E-state index contributed by atoms with van der Waals surface area (Å²) in [5, 5.41) is 7.25. The molecule has 0 unspecified atom stereocenters. The van der Waals surface area contributed by atoms with Gasteiger partial charge in [-0.15, -0.1) is 11.3 Å². The van der Waals surface area contributed by atoms with Gasteiger partial charge < -0.3 is 4.57 Å². The molecule has 0 fully saturated rings. The number of hydrogen-bond donors (Lipinski definition) is 0. The molecule has 0 atom stereocenters. The van der Waals surface area contributed by atoms with E-state index in [2.05, 4.69) is 111 Å². The van der Waals surface area contributed by atoms with Crippen LogP contribution >= 0.6 is 34.5 Å². The lowest BCUT2D eigenvalue weighted by atomic mass is 9.96. The standard InChI is InChI=1S/C31H16Cl2N4S/c32-30-34-29(35-31(33)36-30)22-16-24-26(21-11-4-6-12-23(21)37(24)17-8-2-1-3-9-17)27-19(22)14-15-20-18-10-5-7-13-25(18)38-28(20)27/h1-16H. The lowest BCUT2D eigenvalue weighted by Crippen LogP contribution is -1.97. The van der Waals surface area contributed by atoms with Crippen LogP contribution in [0.1, 0.15) is 0 Å². The molecule has 0 radical (unpaired) electrons. The van der Waals surface area contributed by atoms with Crippen molar-refractivity contribution in [1.82, 2.24) is 19.5 Å². The SMILES string of the molecule is Clc1nc(Cl)nc(-c2cc3c(c4ccccc4n3-c3ccccc3)c3c2ccc2c4ccccc4sc23)n1. The van der Waals surface area contributed by atoms with Crippen molar-refractivity contribution in [2.75, 3.05) is 0 Å². The maximum absolute atomic E-state index is 6.26. The Morgan fingerprint density at radius 2 is 1.26 bits per heavy atom. The molecule has 3 heterocycles. The van der Waals surface area contributed by atoms with E-state index in [1.54, 1.807) is 0 Å². The Hall–Kier alpha value is -4.03. The summed E-state index contributed by atoms with van der Waals surface area (Å²) in [7, 11) is 0. The monoisotopic (exact) mass is 546 g/mol. The van der Waals surface area contributed by atoms with Gasteiger partial charge in [0.15, 0.2) is 5.82 Å². The van der Waals surface area contributed by atoms with Crippen LogP contribution in [0.25, 0.3) is 69.8 Å². The molecule has 0 spiro atoms. The minimum absolute atomic E-state index is 0.0693. The molecule has 8 rings (SSSR count). The van der Waals surface area contributed by atoms with Crippen molar-refractivity contribution >= 4 is 87.3 Å². The summed E-state index contributed by atoms with van der Waals surface area (Å²) in [5.41, 5.74) is 4.15. The first-order valence-corrected chi connectivity index (χ1v) is 13.7. The third-order valence-corrected chi connectivity index (χ3v) is 8.66. The highest BCUT2D eigenvalue weighted by atomic mass is 35.5. The lowest BCUT2D eigenvalue weighted by Gasteiger charge is -2.12. The molecular formula is C31H16Cl2N4S. The number of aromatic nitrogens is 4. The van der Waals surface area contributed by atoms with Crippen molar-refractivity contribution in [3.63, 3.8) is 0 Å². The lowest BCUT2D eigenvalue weighted by molar-refractivity contribution is 1.06. The summed E-state index contributed by atoms with van der Waals surface area (Å²) in [5.74, 6) is 0.451. The van der Waals surface area contributed by atoms with Gasteiger partial charge in [0, 0.05) is 47.6 Å². The van der Waals surface area contributed by atoms with Crippen molar-refractivity contribution in [2.45, 2.75) is 0 Å². The Morgan fingerprint density at radius 3 is 2.08 bits per heavy atom. The van der Waals surface area contributed by atoms with E-state index in [0.29, 0.717) is 5.82 Å². The van der Waals surface area contributed by atoms with Gasteiger partial charge in [0.05, 0.1) is 11.0 Å². The third-order valence-electron chi connectivity index (χ3n) is 7.12. The minimum atomic E-state index is 0.0693. The van der Waals surface area contributed by atoms with Crippen LogP contribution in [0.15, 0.2) is 97.1 Å². The molecule has 38 heavy (non-hydrogen) atoms. The van der Waals surface area contributed by atoms with Gasteiger partial charge in [0.25, 0.3) is 0 Å². The largest absolute Gasteiger partial charge is 0.309 e. The van der Waals surface area contributed by atoms with Gasteiger partial charge in [-0.05, 0) is 58.9 Å². The van der Waals surface area contributed by atoms with Gasteiger partial charge in [-0.25, -0.2) is 0 Å². The molecule has 5 aromatic carbocycles. The molecule has 0 amide bonds. The maximum atomic E-state index is 6.26. The fraction of sp³-hybridized carbons (Fsp3) is 0. The van der Waals surface area contributed by atoms with Crippen LogP contribution in [-0.4, -0.2) is 19.5 Å². The Bertz CT molecular complexity index is 2200. The fourth-order valence-corrected chi connectivity index (χ4v) is 7.24. The van der Waals surface area contributed by atoms with E-state index in [-0.39, 0.29) is 10.6 Å². The van der Waals surface area contributed by atoms with E-state index in [1.165, 1.54) is 36.3 Å². The summed E-state index contributed by atoms with van der Waals surface area (Å²) < 4.78 is 4.80. The summed E-state index contributed by atoms with van der Waals surface area (Å²) in [6.45, 7) is 0. The zero-order valence-corrected chi connectivity index (χ0v) is 22.0. The van der Waals surface area contributed by atoms with Crippen LogP contribution in [0, 0.1) is 0 Å². The van der Waals surface area contributed by atoms with Crippen molar-refractivity contribution in [2.24, 2.45) is 0 Å². The van der Waals surface area contributed by atoms with Crippen molar-refractivity contribution < 1.29 is 0 Å². The van der Waals surface area contributed by atoms with Crippen LogP contribution in [-0.2, 0) is 0 Å². The Balaban J connectivity index is 1.67. The highest BCUT2D eigenvalue weighted by molar-refractivity contribution is 7.26. The molecule has 0 aliphatic rings. The summed E-state index contributed by atoms with van der Waals surface area (Å²) >= 11 is 14.3. The van der Waals surface area contributed by atoms with Gasteiger partial charge in [0.2, 0.25) is 10.6 Å². The van der Waals surface area contributed by atoms with E-state index in [0.717, 1.165) is 27.7 Å². The number of halogens is 2. The van der Waals surface area contributed by atoms with Crippen LogP contribution < -0.4 is 0 Å².